The quantitative estimate of drug-likeness (QED) is 0.750. The van der Waals surface area contributed by atoms with Gasteiger partial charge in [-0.2, -0.15) is 13.2 Å². The van der Waals surface area contributed by atoms with E-state index in [4.69, 9.17) is 4.42 Å². The van der Waals surface area contributed by atoms with Gasteiger partial charge in [0.15, 0.2) is 0 Å². The molecular weight excluding hydrogens is 323 g/mol. The maximum absolute atomic E-state index is 12.5. The van der Waals surface area contributed by atoms with Gasteiger partial charge in [0.1, 0.15) is 5.75 Å². The number of anilines is 2. The van der Waals surface area contributed by atoms with E-state index in [1.165, 1.54) is 12.1 Å². The monoisotopic (exact) mass is 335 g/mol. The summed E-state index contributed by atoms with van der Waals surface area (Å²) >= 11 is 0. The van der Waals surface area contributed by atoms with Gasteiger partial charge in [0, 0.05) is 5.69 Å². The lowest BCUT2D eigenvalue weighted by molar-refractivity contribution is -0.137. The number of aromatic nitrogens is 2. The van der Waals surface area contributed by atoms with Crippen molar-refractivity contribution in [1.29, 1.82) is 0 Å². The molecule has 24 heavy (non-hydrogen) atoms. The van der Waals surface area contributed by atoms with E-state index in [1.54, 1.807) is 24.3 Å². The van der Waals surface area contributed by atoms with Crippen LogP contribution in [0.2, 0.25) is 0 Å². The predicted molar refractivity (Wildman–Crippen MR) is 79.9 cm³/mol. The lowest BCUT2D eigenvalue weighted by atomic mass is 10.1. The molecule has 0 aliphatic heterocycles. The van der Waals surface area contributed by atoms with Crippen LogP contribution in [0.25, 0.3) is 0 Å². The van der Waals surface area contributed by atoms with E-state index >= 15 is 0 Å². The molecule has 0 bridgehead atoms. The van der Waals surface area contributed by atoms with Crippen molar-refractivity contribution in [2.24, 2.45) is 0 Å². The van der Waals surface area contributed by atoms with Crippen LogP contribution in [0.1, 0.15) is 17.0 Å². The lowest BCUT2D eigenvalue weighted by Crippen LogP contribution is -2.04. The summed E-state index contributed by atoms with van der Waals surface area (Å²) < 4.78 is 42.9. The Labute approximate surface area is 134 Å². The molecule has 1 heterocycles. The molecule has 0 saturated carbocycles. The molecule has 124 valence electrons. The first-order valence-electron chi connectivity index (χ1n) is 6.95. The molecule has 3 rings (SSSR count). The summed E-state index contributed by atoms with van der Waals surface area (Å²) in [5.41, 5.74) is 0.548. The minimum atomic E-state index is -4.37. The lowest BCUT2D eigenvalue weighted by Gasteiger charge is -2.07. The fourth-order valence-electron chi connectivity index (χ4n) is 2.03. The van der Waals surface area contributed by atoms with Crippen LogP contribution in [0.4, 0.5) is 24.9 Å². The molecule has 0 saturated heterocycles. The highest BCUT2D eigenvalue weighted by molar-refractivity contribution is 5.52. The molecule has 5 nitrogen and oxygen atoms in total. The highest BCUT2D eigenvalue weighted by Gasteiger charge is 2.29. The van der Waals surface area contributed by atoms with Gasteiger partial charge in [-0.25, -0.2) is 0 Å². The second-order valence-electron chi connectivity index (χ2n) is 5.04. The second-order valence-corrected chi connectivity index (χ2v) is 5.04. The van der Waals surface area contributed by atoms with Crippen molar-refractivity contribution in [3.8, 4) is 5.75 Å². The van der Waals surface area contributed by atoms with Gasteiger partial charge < -0.3 is 14.8 Å². The summed E-state index contributed by atoms with van der Waals surface area (Å²) in [6.45, 7) is 0. The molecule has 0 amide bonds. The zero-order valence-electron chi connectivity index (χ0n) is 12.2. The molecule has 0 spiro atoms. The topological polar surface area (TPSA) is 71.2 Å². The van der Waals surface area contributed by atoms with E-state index in [1.807, 2.05) is 0 Å². The first kappa shape index (κ1) is 15.9. The van der Waals surface area contributed by atoms with Gasteiger partial charge in [0.05, 0.1) is 12.0 Å². The maximum atomic E-state index is 12.5. The average Bonchev–Trinajstić information content (AvgIpc) is 2.96. The van der Waals surface area contributed by atoms with Crippen molar-refractivity contribution in [1.82, 2.24) is 10.2 Å². The van der Waals surface area contributed by atoms with E-state index in [-0.39, 0.29) is 11.8 Å². The Bertz CT molecular complexity index is 812. The zero-order valence-corrected chi connectivity index (χ0v) is 12.2. The summed E-state index contributed by atoms with van der Waals surface area (Å²) in [4.78, 5) is 0. The van der Waals surface area contributed by atoms with Crippen molar-refractivity contribution in [2.45, 2.75) is 12.6 Å². The molecule has 0 unspecified atom stereocenters. The van der Waals surface area contributed by atoms with Crippen LogP contribution in [0.3, 0.4) is 0 Å². The summed E-state index contributed by atoms with van der Waals surface area (Å²) in [6.07, 6.45) is -4.00. The van der Waals surface area contributed by atoms with E-state index in [9.17, 15) is 18.3 Å². The highest BCUT2D eigenvalue weighted by atomic mass is 19.4. The minimum Gasteiger partial charge on any atom is -0.508 e. The number of rotatable bonds is 4. The number of hydrogen-bond acceptors (Lipinski definition) is 5. The van der Waals surface area contributed by atoms with Gasteiger partial charge in [-0.1, -0.05) is 17.2 Å². The van der Waals surface area contributed by atoms with Gasteiger partial charge >= 0.3 is 12.2 Å². The Hall–Kier alpha value is -3.03. The fraction of sp³-hybridized carbons (Fsp3) is 0.125. The molecule has 8 heteroatoms. The normalized spacial score (nSPS) is 11.5. The Morgan fingerprint density at radius 3 is 2.25 bits per heavy atom. The van der Waals surface area contributed by atoms with Gasteiger partial charge in [-0.15, -0.1) is 5.10 Å². The first-order chi connectivity index (χ1) is 11.4. The molecule has 2 N–H and O–H groups in total. The molecular formula is C16H12F3N3O2. The summed E-state index contributed by atoms with van der Waals surface area (Å²) in [5.74, 6) is 0.504. The molecule has 0 aliphatic rings. The van der Waals surface area contributed by atoms with Crippen LogP contribution in [-0.4, -0.2) is 15.3 Å². The van der Waals surface area contributed by atoms with E-state index in [2.05, 4.69) is 15.5 Å². The van der Waals surface area contributed by atoms with Crippen LogP contribution < -0.4 is 5.32 Å². The molecule has 1 aromatic heterocycles. The Balaban J connectivity index is 1.66. The summed E-state index contributed by atoms with van der Waals surface area (Å²) in [5, 5.41) is 19.6. The van der Waals surface area contributed by atoms with Crippen molar-refractivity contribution in [2.75, 3.05) is 5.32 Å². The Morgan fingerprint density at radius 2 is 1.62 bits per heavy atom. The summed E-state index contributed by atoms with van der Waals surface area (Å²) in [7, 11) is 0. The van der Waals surface area contributed by atoms with Gasteiger partial charge in [0.25, 0.3) is 0 Å². The van der Waals surface area contributed by atoms with Crippen LogP contribution >= 0.6 is 0 Å². The van der Waals surface area contributed by atoms with Crippen LogP contribution in [0, 0.1) is 0 Å². The fourth-order valence-corrected chi connectivity index (χ4v) is 2.03. The van der Waals surface area contributed by atoms with Crippen LogP contribution in [-0.2, 0) is 12.6 Å². The van der Waals surface area contributed by atoms with Gasteiger partial charge in [-0.3, -0.25) is 0 Å². The number of benzene rings is 2. The van der Waals surface area contributed by atoms with Crippen LogP contribution in [0.15, 0.2) is 52.9 Å². The molecule has 2 aromatic carbocycles. The second kappa shape index (κ2) is 6.23. The third-order valence-corrected chi connectivity index (χ3v) is 3.22. The molecule has 0 radical (unpaired) electrons. The largest absolute Gasteiger partial charge is 0.508 e. The van der Waals surface area contributed by atoms with Crippen LogP contribution in [0.5, 0.6) is 5.75 Å². The predicted octanol–water partition coefficient (Wildman–Crippen LogP) is 4.13. The summed E-state index contributed by atoms with van der Waals surface area (Å²) in [6, 6.07) is 11.1. The van der Waals surface area contributed by atoms with Crippen molar-refractivity contribution in [3.63, 3.8) is 0 Å². The third-order valence-electron chi connectivity index (χ3n) is 3.22. The highest BCUT2D eigenvalue weighted by Crippen LogP contribution is 2.30. The number of hydrogen-bond donors (Lipinski definition) is 2. The minimum absolute atomic E-state index is 0.0866. The smallest absolute Gasteiger partial charge is 0.416 e. The Morgan fingerprint density at radius 1 is 0.958 bits per heavy atom. The number of aromatic hydroxyl groups is 1. The van der Waals surface area contributed by atoms with E-state index in [0.717, 1.165) is 17.7 Å². The first-order valence-corrected chi connectivity index (χ1v) is 6.95. The number of halogens is 3. The zero-order chi connectivity index (χ0) is 17.2. The number of nitrogens with zero attached hydrogens (tertiary/aromatic N) is 2. The average molecular weight is 335 g/mol. The molecule has 3 aromatic rings. The van der Waals surface area contributed by atoms with Gasteiger partial charge in [0.2, 0.25) is 5.89 Å². The number of phenols is 1. The number of alkyl halides is 3. The third kappa shape index (κ3) is 3.83. The van der Waals surface area contributed by atoms with Crippen molar-refractivity contribution in [3.05, 3.63) is 65.5 Å². The Kier molecular flexibility index (Phi) is 4.11. The van der Waals surface area contributed by atoms with E-state index in [0.29, 0.717) is 18.0 Å². The van der Waals surface area contributed by atoms with Crippen molar-refractivity contribution < 1.29 is 22.7 Å². The molecule has 0 atom stereocenters. The molecule has 0 fully saturated rings. The number of nitrogens with one attached hydrogen (secondary N) is 1. The maximum Gasteiger partial charge on any atom is 0.416 e. The molecule has 0 aliphatic carbocycles. The number of phenolic OH excluding ortho intramolecular Hbond substituents is 1. The van der Waals surface area contributed by atoms with E-state index < -0.39 is 11.7 Å². The SMILES string of the molecule is Oc1ccc(Cc2nnc(Nc3ccc(C(F)(F)F)cc3)o2)cc1. The van der Waals surface area contributed by atoms with Gasteiger partial charge in [-0.05, 0) is 42.0 Å². The standard InChI is InChI=1S/C16H12F3N3O2/c17-16(18,19)11-3-5-12(6-4-11)20-15-22-21-14(24-15)9-10-1-7-13(23)8-2-10/h1-8,23H,9H2,(H,20,22). The van der Waals surface area contributed by atoms with Crippen molar-refractivity contribution >= 4 is 11.7 Å².